The molecule has 0 saturated carbocycles. The summed E-state index contributed by atoms with van der Waals surface area (Å²) in [5.74, 6) is 0.555. The third-order valence-electron chi connectivity index (χ3n) is 3.32. The van der Waals surface area contributed by atoms with Gasteiger partial charge in [0.1, 0.15) is 0 Å². The normalized spacial score (nSPS) is 17.2. The number of anilines is 2. The van der Waals surface area contributed by atoms with Gasteiger partial charge < -0.3 is 10.6 Å². The molecule has 3 rings (SSSR count). The summed E-state index contributed by atoms with van der Waals surface area (Å²) in [6.45, 7) is 2.09. The van der Waals surface area contributed by atoms with E-state index >= 15 is 0 Å². The number of nitrogen functional groups attached to an aromatic ring is 1. The fourth-order valence-electron chi connectivity index (χ4n) is 2.49. The summed E-state index contributed by atoms with van der Waals surface area (Å²) in [6, 6.07) is 8.34. The van der Waals surface area contributed by atoms with Crippen LogP contribution in [0, 0.1) is 0 Å². The molecular formula is C14H15N3OS2. The number of para-hydroxylation sites is 1. The Morgan fingerprint density at radius 1 is 1.55 bits per heavy atom. The van der Waals surface area contributed by atoms with Gasteiger partial charge in [-0.1, -0.05) is 29.5 Å². The summed E-state index contributed by atoms with van der Waals surface area (Å²) in [6.07, 6.45) is 2.65. The van der Waals surface area contributed by atoms with Crippen LogP contribution in [0.1, 0.15) is 12.5 Å². The van der Waals surface area contributed by atoms with E-state index in [0.717, 1.165) is 16.3 Å². The molecule has 104 valence electrons. The van der Waals surface area contributed by atoms with Gasteiger partial charge in [0, 0.05) is 11.7 Å². The highest BCUT2D eigenvalue weighted by Gasteiger charge is 2.30. The Morgan fingerprint density at radius 3 is 3.10 bits per heavy atom. The quantitative estimate of drug-likeness (QED) is 0.886. The van der Waals surface area contributed by atoms with Crippen LogP contribution in [0.4, 0.5) is 10.8 Å². The molecular weight excluding hydrogens is 290 g/mol. The number of hydrogen-bond acceptors (Lipinski definition) is 5. The molecule has 6 heteroatoms. The molecule has 0 aliphatic carbocycles. The molecule has 0 bridgehead atoms. The summed E-state index contributed by atoms with van der Waals surface area (Å²) >= 11 is 2.92. The number of nitrogens with zero attached hydrogens (tertiary/aromatic N) is 2. The summed E-state index contributed by atoms with van der Waals surface area (Å²) in [5, 5.41) is 0.542. The van der Waals surface area contributed by atoms with Gasteiger partial charge in [0.25, 0.3) is 0 Å². The maximum Gasteiger partial charge on any atom is 0.237 e. The molecule has 1 unspecified atom stereocenters. The van der Waals surface area contributed by atoms with Crippen LogP contribution in [-0.4, -0.2) is 22.7 Å². The van der Waals surface area contributed by atoms with Crippen LogP contribution in [0.3, 0.4) is 0 Å². The fourth-order valence-corrected chi connectivity index (χ4v) is 4.10. The van der Waals surface area contributed by atoms with Gasteiger partial charge in [-0.05, 0) is 25.0 Å². The second-order valence-corrected chi connectivity index (χ2v) is 7.09. The van der Waals surface area contributed by atoms with Crippen molar-refractivity contribution >= 4 is 39.8 Å². The van der Waals surface area contributed by atoms with E-state index in [9.17, 15) is 4.79 Å². The van der Waals surface area contributed by atoms with Crippen LogP contribution in [0.25, 0.3) is 0 Å². The second kappa shape index (κ2) is 5.46. The standard InChI is InChI=1S/C14H15N3OS2/c1-9-6-10-4-2-3-5-11(10)17(9)12(18)8-19-13-7-16-14(15)20-13/h2-5,7,9H,6,8H2,1H3,(H2,15,16). The van der Waals surface area contributed by atoms with Gasteiger partial charge in [0.05, 0.1) is 16.2 Å². The molecule has 20 heavy (non-hydrogen) atoms. The van der Waals surface area contributed by atoms with Crippen LogP contribution in [0.5, 0.6) is 0 Å². The van der Waals surface area contributed by atoms with Crippen LogP contribution in [-0.2, 0) is 11.2 Å². The van der Waals surface area contributed by atoms with Crippen molar-refractivity contribution in [3.05, 3.63) is 36.0 Å². The van der Waals surface area contributed by atoms with Crippen molar-refractivity contribution < 1.29 is 4.79 Å². The van der Waals surface area contributed by atoms with Gasteiger partial charge in [-0.3, -0.25) is 4.79 Å². The molecule has 1 amide bonds. The Kier molecular flexibility index (Phi) is 3.67. The lowest BCUT2D eigenvalue weighted by atomic mass is 10.1. The van der Waals surface area contributed by atoms with Crippen molar-refractivity contribution in [3.63, 3.8) is 0 Å². The minimum Gasteiger partial charge on any atom is -0.375 e. The third kappa shape index (κ3) is 2.53. The Bertz CT molecular complexity index is 641. The number of rotatable bonds is 3. The zero-order valence-electron chi connectivity index (χ0n) is 11.1. The number of fused-ring (bicyclic) bond motifs is 1. The lowest BCUT2D eigenvalue weighted by Crippen LogP contribution is -2.36. The molecule has 0 fully saturated rings. The summed E-state index contributed by atoms with van der Waals surface area (Å²) < 4.78 is 0.982. The Labute approximate surface area is 126 Å². The molecule has 1 aliphatic heterocycles. The average molecular weight is 305 g/mol. The summed E-state index contributed by atoms with van der Waals surface area (Å²) in [7, 11) is 0. The monoisotopic (exact) mass is 305 g/mol. The topological polar surface area (TPSA) is 59.2 Å². The van der Waals surface area contributed by atoms with E-state index in [4.69, 9.17) is 5.73 Å². The number of nitrogens with two attached hydrogens (primary N) is 1. The minimum atomic E-state index is 0.138. The molecule has 0 spiro atoms. The van der Waals surface area contributed by atoms with Crippen LogP contribution >= 0.6 is 23.1 Å². The lowest BCUT2D eigenvalue weighted by Gasteiger charge is -2.22. The number of carbonyl (C=O) groups excluding carboxylic acids is 1. The molecule has 1 atom stereocenters. The molecule has 4 nitrogen and oxygen atoms in total. The molecule has 2 aromatic rings. The summed E-state index contributed by atoms with van der Waals surface area (Å²) in [4.78, 5) is 18.4. The third-order valence-corrected chi connectivity index (χ3v) is 5.32. The molecule has 1 aliphatic rings. The van der Waals surface area contributed by atoms with Crippen molar-refractivity contribution in [1.82, 2.24) is 4.98 Å². The first-order chi connectivity index (χ1) is 9.65. The smallest absolute Gasteiger partial charge is 0.237 e. The number of thioether (sulfide) groups is 1. The lowest BCUT2D eigenvalue weighted by molar-refractivity contribution is -0.116. The largest absolute Gasteiger partial charge is 0.375 e. The molecule has 1 aromatic heterocycles. The van der Waals surface area contributed by atoms with Crippen molar-refractivity contribution in [3.8, 4) is 0 Å². The van der Waals surface area contributed by atoms with Crippen LogP contribution in [0.15, 0.2) is 34.7 Å². The van der Waals surface area contributed by atoms with Crippen molar-refractivity contribution in [2.75, 3.05) is 16.4 Å². The minimum absolute atomic E-state index is 0.138. The van der Waals surface area contributed by atoms with E-state index in [2.05, 4.69) is 18.0 Å². The van der Waals surface area contributed by atoms with E-state index < -0.39 is 0 Å². The fraction of sp³-hybridized carbons (Fsp3) is 0.286. The number of aromatic nitrogens is 1. The molecule has 1 aromatic carbocycles. The average Bonchev–Trinajstić information content (AvgIpc) is 2.98. The Balaban J connectivity index is 1.71. The Morgan fingerprint density at radius 2 is 2.35 bits per heavy atom. The second-order valence-electron chi connectivity index (χ2n) is 4.75. The van der Waals surface area contributed by atoms with Gasteiger partial charge in [-0.2, -0.15) is 0 Å². The van der Waals surface area contributed by atoms with Gasteiger partial charge in [0.2, 0.25) is 5.91 Å². The van der Waals surface area contributed by atoms with E-state index in [0.29, 0.717) is 10.9 Å². The molecule has 0 saturated heterocycles. The van der Waals surface area contributed by atoms with Crippen molar-refractivity contribution in [2.45, 2.75) is 23.6 Å². The number of hydrogen-bond donors (Lipinski definition) is 1. The first-order valence-electron chi connectivity index (χ1n) is 6.39. The van der Waals surface area contributed by atoms with Crippen molar-refractivity contribution in [2.24, 2.45) is 0 Å². The SMILES string of the molecule is CC1Cc2ccccc2N1C(=O)CSc1cnc(N)s1. The van der Waals surface area contributed by atoms with Gasteiger partial charge in [0.15, 0.2) is 5.13 Å². The highest BCUT2D eigenvalue weighted by molar-refractivity contribution is 8.01. The molecule has 0 radical (unpaired) electrons. The maximum atomic E-state index is 12.5. The summed E-state index contributed by atoms with van der Waals surface area (Å²) in [5.41, 5.74) is 7.89. The predicted octanol–water partition coefficient (Wildman–Crippen LogP) is 2.80. The van der Waals surface area contributed by atoms with Crippen molar-refractivity contribution in [1.29, 1.82) is 0 Å². The van der Waals surface area contributed by atoms with E-state index in [1.54, 1.807) is 6.20 Å². The van der Waals surface area contributed by atoms with Gasteiger partial charge in [-0.25, -0.2) is 4.98 Å². The highest BCUT2D eigenvalue weighted by Crippen LogP contribution is 2.33. The number of thiazole rings is 1. The van der Waals surface area contributed by atoms with Gasteiger partial charge >= 0.3 is 0 Å². The van der Waals surface area contributed by atoms with E-state index in [1.807, 2.05) is 23.1 Å². The predicted molar refractivity (Wildman–Crippen MR) is 84.3 cm³/mol. The van der Waals surface area contributed by atoms with E-state index in [-0.39, 0.29) is 11.9 Å². The molecule has 2 N–H and O–H groups in total. The maximum absolute atomic E-state index is 12.5. The Hall–Kier alpha value is -1.53. The highest BCUT2D eigenvalue weighted by atomic mass is 32.2. The number of carbonyl (C=O) groups is 1. The number of amides is 1. The van der Waals surface area contributed by atoms with Crippen LogP contribution < -0.4 is 10.6 Å². The molecule has 2 heterocycles. The zero-order chi connectivity index (χ0) is 14.1. The zero-order valence-corrected chi connectivity index (χ0v) is 12.7. The van der Waals surface area contributed by atoms with Crippen LogP contribution in [0.2, 0.25) is 0 Å². The first kappa shape index (κ1) is 13.5. The van der Waals surface area contributed by atoms with E-state index in [1.165, 1.54) is 28.7 Å². The van der Waals surface area contributed by atoms with Gasteiger partial charge in [-0.15, -0.1) is 11.8 Å². The number of benzene rings is 1. The first-order valence-corrected chi connectivity index (χ1v) is 8.19.